The van der Waals surface area contributed by atoms with Crippen LogP contribution < -0.4 is 11.1 Å². The summed E-state index contributed by atoms with van der Waals surface area (Å²) in [5, 5.41) is 7.14. The van der Waals surface area contributed by atoms with Gasteiger partial charge in [-0.3, -0.25) is 9.48 Å². The van der Waals surface area contributed by atoms with Crippen molar-refractivity contribution in [2.45, 2.75) is 63.6 Å². The summed E-state index contributed by atoms with van der Waals surface area (Å²) >= 11 is 0. The van der Waals surface area contributed by atoms with E-state index in [9.17, 15) is 4.79 Å². The Balaban J connectivity index is 1.77. The third kappa shape index (κ3) is 4.35. The maximum atomic E-state index is 12.0. The van der Waals surface area contributed by atoms with Crippen LogP contribution in [0.1, 0.15) is 45.4 Å². The lowest BCUT2D eigenvalue weighted by atomic mass is 9.80. The van der Waals surface area contributed by atoms with Gasteiger partial charge in [0.25, 0.3) is 0 Å². The van der Waals surface area contributed by atoms with Gasteiger partial charge in [0.2, 0.25) is 5.91 Å². The van der Waals surface area contributed by atoms with Crippen LogP contribution in [-0.2, 0) is 11.3 Å². The van der Waals surface area contributed by atoms with E-state index in [1.165, 1.54) is 6.42 Å². The average Bonchev–Trinajstić information content (AvgIpc) is 2.81. The van der Waals surface area contributed by atoms with E-state index in [1.54, 1.807) is 6.20 Å². The van der Waals surface area contributed by atoms with Crippen LogP contribution in [0.25, 0.3) is 0 Å². The number of nitrogens with one attached hydrogen (secondary N) is 1. The van der Waals surface area contributed by atoms with Crippen molar-refractivity contribution in [3.63, 3.8) is 0 Å². The monoisotopic (exact) mass is 264 g/mol. The van der Waals surface area contributed by atoms with Crippen LogP contribution in [0.2, 0.25) is 0 Å². The average molecular weight is 264 g/mol. The largest absolute Gasteiger partial charge is 0.352 e. The molecule has 1 aromatic rings. The van der Waals surface area contributed by atoms with Crippen LogP contribution in [0.4, 0.5) is 0 Å². The summed E-state index contributed by atoms with van der Waals surface area (Å²) in [5.74, 6) is 0.0593. The molecule has 5 heteroatoms. The minimum absolute atomic E-state index is 0.0593. The van der Waals surface area contributed by atoms with E-state index in [0.717, 1.165) is 25.7 Å². The number of amides is 1. The molecule has 1 fully saturated rings. The van der Waals surface area contributed by atoms with Crippen LogP contribution >= 0.6 is 0 Å². The molecule has 3 N–H and O–H groups in total. The molecule has 0 bridgehead atoms. The summed E-state index contributed by atoms with van der Waals surface area (Å²) in [5.41, 5.74) is 6.01. The second-order valence-corrected chi connectivity index (χ2v) is 5.80. The minimum Gasteiger partial charge on any atom is -0.352 e. The molecular weight excluding hydrogens is 240 g/mol. The summed E-state index contributed by atoms with van der Waals surface area (Å²) in [6.07, 6.45) is 9.55. The second-order valence-electron chi connectivity index (χ2n) is 5.80. The number of hydrogen-bond donors (Lipinski definition) is 2. The molecule has 106 valence electrons. The van der Waals surface area contributed by atoms with E-state index in [4.69, 9.17) is 5.73 Å². The van der Waals surface area contributed by atoms with Crippen LogP contribution in [0.3, 0.4) is 0 Å². The Morgan fingerprint density at radius 1 is 1.47 bits per heavy atom. The number of rotatable bonds is 5. The van der Waals surface area contributed by atoms with Gasteiger partial charge in [-0.15, -0.1) is 0 Å². The molecular formula is C14H24N4O. The number of carbonyl (C=O) groups is 1. The van der Waals surface area contributed by atoms with Crippen molar-refractivity contribution in [3.05, 3.63) is 18.5 Å². The van der Waals surface area contributed by atoms with E-state index in [2.05, 4.69) is 10.4 Å². The molecule has 1 heterocycles. The quantitative estimate of drug-likeness (QED) is 0.845. The molecule has 1 aliphatic carbocycles. The molecule has 0 radical (unpaired) electrons. The molecule has 1 aromatic heterocycles. The molecule has 1 atom stereocenters. The second kappa shape index (κ2) is 6.19. The van der Waals surface area contributed by atoms with Gasteiger partial charge in [0, 0.05) is 30.4 Å². The number of aromatic nitrogens is 2. The Kier molecular flexibility index (Phi) is 4.58. The van der Waals surface area contributed by atoms with Crippen LogP contribution in [0, 0.1) is 0 Å². The van der Waals surface area contributed by atoms with Gasteiger partial charge in [-0.05, 0) is 25.8 Å². The fraction of sp³-hybridized carbons (Fsp3) is 0.714. The van der Waals surface area contributed by atoms with Crippen molar-refractivity contribution in [2.75, 3.05) is 0 Å². The highest BCUT2D eigenvalue weighted by atomic mass is 16.1. The zero-order valence-electron chi connectivity index (χ0n) is 11.6. The highest BCUT2D eigenvalue weighted by molar-refractivity contribution is 5.77. The zero-order valence-corrected chi connectivity index (χ0v) is 11.6. The smallest absolute Gasteiger partial charge is 0.222 e. The van der Waals surface area contributed by atoms with E-state index < -0.39 is 0 Å². The third-order valence-corrected chi connectivity index (χ3v) is 3.79. The van der Waals surface area contributed by atoms with Crippen molar-refractivity contribution in [1.82, 2.24) is 15.1 Å². The molecule has 1 unspecified atom stereocenters. The maximum absolute atomic E-state index is 12.0. The maximum Gasteiger partial charge on any atom is 0.222 e. The molecule has 2 rings (SSSR count). The lowest BCUT2D eigenvalue weighted by Crippen LogP contribution is -2.47. The Morgan fingerprint density at radius 2 is 2.21 bits per heavy atom. The first kappa shape index (κ1) is 14.1. The molecule has 1 aliphatic rings. The minimum atomic E-state index is -0.284. The first-order valence-electron chi connectivity index (χ1n) is 7.13. The van der Waals surface area contributed by atoms with Crippen LogP contribution in [0.15, 0.2) is 18.5 Å². The summed E-state index contributed by atoms with van der Waals surface area (Å²) in [7, 11) is 0. The molecule has 0 aromatic carbocycles. The number of nitrogens with zero attached hydrogens (tertiary/aromatic N) is 2. The van der Waals surface area contributed by atoms with E-state index in [0.29, 0.717) is 13.0 Å². The van der Waals surface area contributed by atoms with Crippen LogP contribution in [-0.4, -0.2) is 27.3 Å². The molecule has 1 amide bonds. The number of carbonyl (C=O) groups excluding carboxylic acids is 1. The fourth-order valence-corrected chi connectivity index (χ4v) is 2.81. The van der Waals surface area contributed by atoms with Gasteiger partial charge in [-0.1, -0.05) is 19.3 Å². The Labute approximate surface area is 114 Å². The SMILES string of the molecule is CC(Cn1cccn1)NC(=O)CC1(N)CCCCC1. The summed E-state index contributed by atoms with van der Waals surface area (Å²) in [4.78, 5) is 12.0. The zero-order chi connectivity index (χ0) is 13.7. The Hall–Kier alpha value is -1.36. The topological polar surface area (TPSA) is 72.9 Å². The van der Waals surface area contributed by atoms with Gasteiger partial charge in [0.1, 0.15) is 0 Å². The number of nitrogens with two attached hydrogens (primary N) is 1. The van der Waals surface area contributed by atoms with Crippen molar-refractivity contribution < 1.29 is 4.79 Å². The first-order chi connectivity index (χ1) is 9.07. The van der Waals surface area contributed by atoms with Gasteiger partial charge in [-0.2, -0.15) is 5.10 Å². The van der Waals surface area contributed by atoms with Crippen LogP contribution in [0.5, 0.6) is 0 Å². The lowest BCUT2D eigenvalue weighted by Gasteiger charge is -2.33. The van der Waals surface area contributed by atoms with Crippen molar-refractivity contribution in [1.29, 1.82) is 0 Å². The summed E-state index contributed by atoms with van der Waals surface area (Å²) in [6.45, 7) is 2.68. The Morgan fingerprint density at radius 3 is 2.84 bits per heavy atom. The Bertz CT molecular complexity index is 396. The summed E-state index contributed by atoms with van der Waals surface area (Å²) < 4.78 is 1.82. The molecule has 1 saturated carbocycles. The predicted octanol–water partition coefficient (Wildman–Crippen LogP) is 1.44. The lowest BCUT2D eigenvalue weighted by molar-refractivity contribution is -0.123. The van der Waals surface area contributed by atoms with Gasteiger partial charge < -0.3 is 11.1 Å². The van der Waals surface area contributed by atoms with Gasteiger partial charge >= 0.3 is 0 Å². The number of hydrogen-bond acceptors (Lipinski definition) is 3. The molecule has 0 aliphatic heterocycles. The van der Waals surface area contributed by atoms with Gasteiger partial charge in [0.15, 0.2) is 0 Å². The predicted molar refractivity (Wildman–Crippen MR) is 74.5 cm³/mol. The van der Waals surface area contributed by atoms with Crippen molar-refractivity contribution >= 4 is 5.91 Å². The van der Waals surface area contributed by atoms with Gasteiger partial charge in [-0.25, -0.2) is 0 Å². The molecule has 0 spiro atoms. The van der Waals surface area contributed by atoms with E-state index >= 15 is 0 Å². The standard InChI is InChI=1S/C14H24N4O/c1-12(11-18-9-5-8-16-18)17-13(19)10-14(15)6-3-2-4-7-14/h5,8-9,12H,2-4,6-7,10-11,15H2,1H3,(H,17,19). The highest BCUT2D eigenvalue weighted by Crippen LogP contribution is 2.28. The normalized spacial score (nSPS) is 19.9. The molecule has 5 nitrogen and oxygen atoms in total. The van der Waals surface area contributed by atoms with Crippen molar-refractivity contribution in [3.8, 4) is 0 Å². The summed E-state index contributed by atoms with van der Waals surface area (Å²) in [6, 6.07) is 1.95. The fourth-order valence-electron chi connectivity index (χ4n) is 2.81. The third-order valence-electron chi connectivity index (χ3n) is 3.79. The van der Waals surface area contributed by atoms with E-state index in [-0.39, 0.29) is 17.5 Å². The first-order valence-corrected chi connectivity index (χ1v) is 7.13. The van der Waals surface area contributed by atoms with Gasteiger partial charge in [0.05, 0.1) is 6.54 Å². The van der Waals surface area contributed by atoms with E-state index in [1.807, 2.05) is 23.9 Å². The highest BCUT2D eigenvalue weighted by Gasteiger charge is 2.30. The molecule has 19 heavy (non-hydrogen) atoms. The molecule has 0 saturated heterocycles. The van der Waals surface area contributed by atoms with Crippen molar-refractivity contribution in [2.24, 2.45) is 5.73 Å².